The van der Waals surface area contributed by atoms with E-state index in [2.05, 4.69) is 0 Å². The van der Waals surface area contributed by atoms with Crippen molar-refractivity contribution < 1.29 is 8.42 Å². The predicted molar refractivity (Wildman–Crippen MR) is 82.1 cm³/mol. The molecule has 20 heavy (non-hydrogen) atoms. The molecule has 1 aliphatic rings. The molecular formula is C16H21NO2S. The Balaban J connectivity index is 2.23. The minimum Gasteiger partial charge on any atom is -0.207 e. The number of rotatable bonds is 3. The predicted octanol–water partition coefficient (Wildman–Crippen LogP) is 3.28. The fourth-order valence-electron chi connectivity index (χ4n) is 2.17. The first-order valence-electron chi connectivity index (χ1n) is 6.72. The summed E-state index contributed by atoms with van der Waals surface area (Å²) < 4.78 is 26.6. The first-order chi connectivity index (χ1) is 9.32. The van der Waals surface area contributed by atoms with Crippen LogP contribution >= 0.6 is 0 Å². The van der Waals surface area contributed by atoms with Crippen molar-refractivity contribution in [3.8, 4) is 0 Å². The summed E-state index contributed by atoms with van der Waals surface area (Å²) in [4.78, 5) is 0.368. The Bertz CT molecular complexity index is 663. The van der Waals surface area contributed by atoms with Crippen molar-refractivity contribution in [2.75, 3.05) is 13.1 Å². The number of hydrogen-bond acceptors (Lipinski definition) is 2. The third-order valence-corrected chi connectivity index (χ3v) is 5.60. The second-order valence-corrected chi connectivity index (χ2v) is 7.40. The van der Waals surface area contributed by atoms with Gasteiger partial charge in [-0.05, 0) is 51.0 Å². The maximum Gasteiger partial charge on any atom is 0.243 e. The quantitative estimate of drug-likeness (QED) is 0.857. The Kier molecular flexibility index (Phi) is 4.16. The molecule has 0 radical (unpaired) electrons. The van der Waals surface area contributed by atoms with Gasteiger partial charge >= 0.3 is 0 Å². The van der Waals surface area contributed by atoms with Gasteiger partial charge in [-0.3, -0.25) is 0 Å². The molecule has 0 aromatic heterocycles. The van der Waals surface area contributed by atoms with E-state index in [-0.39, 0.29) is 0 Å². The monoisotopic (exact) mass is 291 g/mol. The summed E-state index contributed by atoms with van der Waals surface area (Å²) in [7, 11) is -3.39. The molecule has 1 heterocycles. The normalized spacial score (nSPS) is 16.1. The zero-order valence-corrected chi connectivity index (χ0v) is 13.3. The van der Waals surface area contributed by atoms with Gasteiger partial charge in [-0.15, -0.1) is 0 Å². The third kappa shape index (κ3) is 2.86. The minimum absolute atomic E-state index is 0.368. The van der Waals surface area contributed by atoms with Gasteiger partial charge < -0.3 is 0 Å². The van der Waals surface area contributed by atoms with E-state index in [1.807, 2.05) is 45.9 Å². The van der Waals surface area contributed by atoms with Gasteiger partial charge in [0.15, 0.2) is 0 Å². The van der Waals surface area contributed by atoms with Crippen molar-refractivity contribution in [1.82, 2.24) is 4.31 Å². The summed E-state index contributed by atoms with van der Waals surface area (Å²) in [5, 5.41) is 0. The Labute approximate surface area is 121 Å². The molecule has 0 saturated heterocycles. The fraction of sp³-hybridized carbons (Fsp3) is 0.375. The van der Waals surface area contributed by atoms with Gasteiger partial charge in [0.05, 0.1) is 4.90 Å². The molecule has 0 amide bonds. The van der Waals surface area contributed by atoms with Gasteiger partial charge in [0.1, 0.15) is 0 Å². The smallest absolute Gasteiger partial charge is 0.207 e. The first kappa shape index (κ1) is 15.0. The largest absolute Gasteiger partial charge is 0.243 e. The maximum absolute atomic E-state index is 12.6. The molecule has 1 aromatic rings. The van der Waals surface area contributed by atoms with Crippen molar-refractivity contribution in [2.45, 2.75) is 32.6 Å². The van der Waals surface area contributed by atoms with Gasteiger partial charge in [-0.25, -0.2) is 8.42 Å². The molecule has 0 fully saturated rings. The van der Waals surface area contributed by atoms with Crippen molar-refractivity contribution in [2.24, 2.45) is 0 Å². The first-order valence-corrected chi connectivity index (χ1v) is 8.16. The van der Waals surface area contributed by atoms with Gasteiger partial charge in [0, 0.05) is 13.1 Å². The molecule has 0 bridgehead atoms. The van der Waals surface area contributed by atoms with Crippen LogP contribution in [0.15, 0.2) is 52.0 Å². The topological polar surface area (TPSA) is 37.4 Å². The van der Waals surface area contributed by atoms with E-state index in [1.54, 1.807) is 12.1 Å². The molecule has 1 aliphatic heterocycles. The van der Waals surface area contributed by atoms with Gasteiger partial charge in [0.25, 0.3) is 0 Å². The lowest BCUT2D eigenvalue weighted by atomic mass is 10.0. The molecule has 108 valence electrons. The lowest BCUT2D eigenvalue weighted by Gasteiger charge is -2.17. The molecule has 0 unspecified atom stereocenters. The van der Waals surface area contributed by atoms with Crippen LogP contribution in [0.3, 0.4) is 0 Å². The van der Waals surface area contributed by atoms with Crippen molar-refractivity contribution >= 4 is 10.0 Å². The van der Waals surface area contributed by atoms with Crippen LogP contribution in [0.2, 0.25) is 0 Å². The summed E-state index contributed by atoms with van der Waals surface area (Å²) in [5.41, 5.74) is 4.59. The lowest BCUT2D eigenvalue weighted by Crippen LogP contribution is -2.29. The molecule has 4 heteroatoms. The fourth-order valence-corrected chi connectivity index (χ4v) is 3.52. The number of nitrogens with zero attached hydrogens (tertiary/aromatic N) is 1. The summed E-state index contributed by atoms with van der Waals surface area (Å²) in [5.74, 6) is 0. The van der Waals surface area contributed by atoms with E-state index in [0.717, 1.165) is 11.1 Å². The Morgan fingerprint density at radius 2 is 1.70 bits per heavy atom. The van der Waals surface area contributed by atoms with E-state index in [4.69, 9.17) is 0 Å². The number of benzene rings is 1. The number of allylic oxidation sites excluding steroid dienone is 1. The zero-order valence-electron chi connectivity index (χ0n) is 12.5. The van der Waals surface area contributed by atoms with Crippen molar-refractivity contribution in [1.29, 1.82) is 0 Å². The highest BCUT2D eigenvalue weighted by Crippen LogP contribution is 2.25. The van der Waals surface area contributed by atoms with Crippen LogP contribution < -0.4 is 0 Å². The number of sulfonamides is 1. The number of aryl methyl sites for hydroxylation is 1. The molecule has 0 spiro atoms. The van der Waals surface area contributed by atoms with Crippen LogP contribution in [-0.2, 0) is 10.0 Å². The summed E-state index contributed by atoms with van der Waals surface area (Å²) in [6.45, 7) is 9.01. The van der Waals surface area contributed by atoms with Crippen LogP contribution in [0.4, 0.5) is 0 Å². The lowest BCUT2D eigenvalue weighted by molar-refractivity contribution is 0.485. The van der Waals surface area contributed by atoms with Gasteiger partial charge in [-0.1, -0.05) is 29.3 Å². The zero-order chi connectivity index (χ0) is 14.9. The van der Waals surface area contributed by atoms with E-state index >= 15 is 0 Å². The van der Waals surface area contributed by atoms with Crippen LogP contribution in [0, 0.1) is 6.92 Å². The van der Waals surface area contributed by atoms with Crippen LogP contribution in [0.25, 0.3) is 0 Å². The van der Waals surface area contributed by atoms with Crippen molar-refractivity contribution in [3.63, 3.8) is 0 Å². The second-order valence-electron chi connectivity index (χ2n) is 5.46. The SMILES string of the molecule is CC(C)=C(C)C1=CCN(S(=O)(=O)c2ccc(C)cc2)C1. The molecule has 1 aromatic carbocycles. The summed E-state index contributed by atoms with van der Waals surface area (Å²) in [6.07, 6.45) is 2.01. The molecule has 0 aliphatic carbocycles. The average Bonchev–Trinajstić information content (AvgIpc) is 2.88. The molecular weight excluding hydrogens is 270 g/mol. The van der Waals surface area contributed by atoms with Crippen molar-refractivity contribution in [3.05, 3.63) is 52.6 Å². The third-order valence-electron chi connectivity index (χ3n) is 3.78. The van der Waals surface area contributed by atoms with Crippen LogP contribution in [0.5, 0.6) is 0 Å². The van der Waals surface area contributed by atoms with E-state index in [1.165, 1.54) is 15.5 Å². The standard InChI is InChI=1S/C16H21NO2S/c1-12(2)14(4)15-9-10-17(11-15)20(18,19)16-7-5-13(3)6-8-16/h5-9H,10-11H2,1-4H3. The van der Waals surface area contributed by atoms with Gasteiger partial charge in [-0.2, -0.15) is 4.31 Å². The molecule has 2 rings (SSSR count). The summed E-state index contributed by atoms with van der Waals surface area (Å²) in [6, 6.07) is 7.02. The Morgan fingerprint density at radius 1 is 1.10 bits per heavy atom. The van der Waals surface area contributed by atoms with E-state index in [0.29, 0.717) is 18.0 Å². The summed E-state index contributed by atoms with van der Waals surface area (Å²) >= 11 is 0. The highest BCUT2D eigenvalue weighted by molar-refractivity contribution is 7.89. The van der Waals surface area contributed by atoms with E-state index in [9.17, 15) is 8.42 Å². The molecule has 3 nitrogen and oxygen atoms in total. The maximum atomic E-state index is 12.6. The highest BCUT2D eigenvalue weighted by Gasteiger charge is 2.28. The average molecular weight is 291 g/mol. The van der Waals surface area contributed by atoms with Crippen LogP contribution in [-0.4, -0.2) is 25.8 Å². The molecule has 0 saturated carbocycles. The van der Waals surface area contributed by atoms with Gasteiger partial charge in [0.2, 0.25) is 10.0 Å². The Morgan fingerprint density at radius 3 is 2.25 bits per heavy atom. The van der Waals surface area contributed by atoms with E-state index < -0.39 is 10.0 Å². The van der Waals surface area contributed by atoms with Crippen LogP contribution in [0.1, 0.15) is 26.3 Å². The Hall–Kier alpha value is -1.39. The second kappa shape index (κ2) is 5.54. The highest BCUT2D eigenvalue weighted by atomic mass is 32.2. The number of hydrogen-bond donors (Lipinski definition) is 0. The minimum atomic E-state index is -3.39. The molecule has 0 atom stereocenters. The molecule has 0 N–H and O–H groups in total.